The molecule has 0 amide bonds. The molecule has 2 nitrogen and oxygen atoms in total. The number of aliphatic hydroxyl groups is 1. The van der Waals surface area contributed by atoms with Gasteiger partial charge >= 0.3 is 0 Å². The van der Waals surface area contributed by atoms with Crippen molar-refractivity contribution in [1.29, 1.82) is 0 Å². The quantitative estimate of drug-likeness (QED) is 0.806. The van der Waals surface area contributed by atoms with E-state index in [4.69, 9.17) is 0 Å². The van der Waals surface area contributed by atoms with Gasteiger partial charge in [0.05, 0.1) is 6.10 Å². The van der Waals surface area contributed by atoms with E-state index in [1.807, 2.05) is 0 Å². The second kappa shape index (κ2) is 4.34. The summed E-state index contributed by atoms with van der Waals surface area (Å²) in [7, 11) is 0. The minimum atomic E-state index is -0.148. The summed E-state index contributed by atoms with van der Waals surface area (Å²) in [5.74, 6) is 0. The first-order valence-electron chi connectivity index (χ1n) is 6.44. The zero-order chi connectivity index (χ0) is 12.6. The van der Waals surface area contributed by atoms with Crippen molar-refractivity contribution in [1.82, 2.24) is 0 Å². The molecule has 2 heteroatoms. The smallest absolute Gasteiger partial charge is 0.0579 e. The third-order valence-electron chi connectivity index (χ3n) is 3.86. The number of para-hydroxylation sites is 1. The fourth-order valence-corrected chi connectivity index (χ4v) is 3.02. The summed E-state index contributed by atoms with van der Waals surface area (Å²) in [6.45, 7) is 9.73. The van der Waals surface area contributed by atoms with E-state index in [9.17, 15) is 5.11 Å². The van der Waals surface area contributed by atoms with Gasteiger partial charge in [0.15, 0.2) is 0 Å². The number of hydrogen-bond acceptors (Lipinski definition) is 2. The van der Waals surface area contributed by atoms with Crippen molar-refractivity contribution in [3.63, 3.8) is 0 Å². The first-order valence-corrected chi connectivity index (χ1v) is 6.44. The fraction of sp³-hybridized carbons (Fsp3) is 0.600. The summed E-state index contributed by atoms with van der Waals surface area (Å²) in [6, 6.07) is 6.45. The highest BCUT2D eigenvalue weighted by molar-refractivity contribution is 5.60. The van der Waals surface area contributed by atoms with E-state index in [-0.39, 0.29) is 11.6 Å². The van der Waals surface area contributed by atoms with Crippen molar-refractivity contribution in [2.24, 2.45) is 0 Å². The van der Waals surface area contributed by atoms with Gasteiger partial charge in [0.25, 0.3) is 0 Å². The summed E-state index contributed by atoms with van der Waals surface area (Å²) in [5, 5.41) is 9.82. The number of nitrogens with zero attached hydrogens (tertiary/aromatic N) is 1. The fourth-order valence-electron chi connectivity index (χ4n) is 3.02. The third kappa shape index (κ3) is 2.32. The van der Waals surface area contributed by atoms with E-state index < -0.39 is 0 Å². The molecule has 0 radical (unpaired) electrons. The highest BCUT2D eigenvalue weighted by Gasteiger charge is 2.35. The van der Waals surface area contributed by atoms with Crippen LogP contribution in [0.2, 0.25) is 0 Å². The van der Waals surface area contributed by atoms with Crippen molar-refractivity contribution >= 4 is 5.69 Å². The summed E-state index contributed by atoms with van der Waals surface area (Å²) in [6.07, 6.45) is 1.57. The van der Waals surface area contributed by atoms with Gasteiger partial charge in [-0.15, -0.1) is 0 Å². The van der Waals surface area contributed by atoms with Crippen molar-refractivity contribution in [3.05, 3.63) is 29.3 Å². The predicted octanol–water partition coefficient (Wildman–Crippen LogP) is 3.04. The normalized spacial score (nSPS) is 23.8. The Labute approximate surface area is 104 Å². The van der Waals surface area contributed by atoms with Crippen LogP contribution in [0.25, 0.3) is 0 Å². The lowest BCUT2D eigenvalue weighted by Gasteiger charge is -2.47. The molecule has 1 saturated heterocycles. The summed E-state index contributed by atoms with van der Waals surface area (Å²) < 4.78 is 0. The van der Waals surface area contributed by atoms with Crippen LogP contribution in [-0.4, -0.2) is 23.3 Å². The van der Waals surface area contributed by atoms with Crippen LogP contribution in [0, 0.1) is 13.8 Å². The molecule has 1 N–H and O–H groups in total. The van der Waals surface area contributed by atoms with Crippen molar-refractivity contribution < 1.29 is 5.11 Å². The number of piperidine rings is 1. The molecule has 1 atom stereocenters. The third-order valence-corrected chi connectivity index (χ3v) is 3.86. The van der Waals surface area contributed by atoms with Crippen LogP contribution < -0.4 is 4.90 Å². The molecule has 1 unspecified atom stereocenters. The Morgan fingerprint density at radius 1 is 1.24 bits per heavy atom. The standard InChI is InChI=1S/C15H23NO/c1-11-6-5-7-12(2)14(11)16-9-8-13(17)10-15(16,3)4/h5-7,13,17H,8-10H2,1-4H3. The van der Waals surface area contributed by atoms with Gasteiger partial charge in [-0.2, -0.15) is 0 Å². The molecule has 2 rings (SSSR count). The largest absolute Gasteiger partial charge is 0.393 e. The molecule has 1 aromatic rings. The summed E-state index contributed by atoms with van der Waals surface area (Å²) in [5.41, 5.74) is 4.04. The number of aliphatic hydroxyl groups excluding tert-OH is 1. The minimum absolute atomic E-state index is 0.0362. The molecule has 1 fully saturated rings. The van der Waals surface area contributed by atoms with Crippen LogP contribution in [0.5, 0.6) is 0 Å². The van der Waals surface area contributed by atoms with E-state index in [0.29, 0.717) is 0 Å². The zero-order valence-electron chi connectivity index (χ0n) is 11.3. The molecule has 0 saturated carbocycles. The number of anilines is 1. The molecule has 94 valence electrons. The number of hydrogen-bond donors (Lipinski definition) is 1. The van der Waals surface area contributed by atoms with E-state index in [1.165, 1.54) is 16.8 Å². The van der Waals surface area contributed by atoms with Crippen LogP contribution >= 0.6 is 0 Å². The van der Waals surface area contributed by atoms with Crippen LogP contribution in [-0.2, 0) is 0 Å². The molecule has 17 heavy (non-hydrogen) atoms. The Bertz CT molecular complexity index is 391. The van der Waals surface area contributed by atoms with Gasteiger partial charge in [-0.3, -0.25) is 0 Å². The number of benzene rings is 1. The van der Waals surface area contributed by atoms with Crippen molar-refractivity contribution in [2.75, 3.05) is 11.4 Å². The van der Waals surface area contributed by atoms with Gasteiger partial charge in [0, 0.05) is 17.8 Å². The summed E-state index contributed by atoms with van der Waals surface area (Å²) in [4.78, 5) is 2.46. The van der Waals surface area contributed by atoms with Crippen LogP contribution in [0.4, 0.5) is 5.69 Å². The molecule has 0 bridgehead atoms. The SMILES string of the molecule is Cc1cccc(C)c1N1CCC(O)CC1(C)C. The zero-order valence-corrected chi connectivity index (χ0v) is 11.3. The molecule has 0 aromatic heterocycles. The lowest BCUT2D eigenvalue weighted by atomic mass is 9.87. The maximum atomic E-state index is 9.82. The van der Waals surface area contributed by atoms with Crippen LogP contribution in [0.3, 0.4) is 0 Å². The summed E-state index contributed by atoms with van der Waals surface area (Å²) >= 11 is 0. The first-order chi connectivity index (χ1) is 7.92. The maximum absolute atomic E-state index is 9.82. The number of rotatable bonds is 1. The monoisotopic (exact) mass is 233 g/mol. The Morgan fingerprint density at radius 2 is 1.82 bits per heavy atom. The molecule has 1 aliphatic heterocycles. The van der Waals surface area contributed by atoms with Gasteiger partial charge in [-0.25, -0.2) is 0 Å². The topological polar surface area (TPSA) is 23.5 Å². The maximum Gasteiger partial charge on any atom is 0.0579 e. The molecule has 0 aliphatic carbocycles. The van der Waals surface area contributed by atoms with Gasteiger partial charge in [0.1, 0.15) is 0 Å². The Hall–Kier alpha value is -1.02. The molecule has 1 heterocycles. The molecule has 1 aromatic carbocycles. The highest BCUT2D eigenvalue weighted by Crippen LogP contribution is 2.36. The first kappa shape index (κ1) is 12.4. The van der Waals surface area contributed by atoms with Crippen molar-refractivity contribution in [2.45, 2.75) is 52.2 Å². The van der Waals surface area contributed by atoms with Crippen LogP contribution in [0.1, 0.15) is 37.8 Å². The second-order valence-corrected chi connectivity index (χ2v) is 5.85. The van der Waals surface area contributed by atoms with Gasteiger partial charge < -0.3 is 10.0 Å². The Morgan fingerprint density at radius 3 is 2.35 bits per heavy atom. The van der Waals surface area contributed by atoms with E-state index in [1.54, 1.807) is 0 Å². The molecular weight excluding hydrogens is 210 g/mol. The average Bonchev–Trinajstić information content (AvgIpc) is 2.19. The Balaban J connectivity index is 2.39. The Kier molecular flexibility index (Phi) is 3.17. The lowest BCUT2D eigenvalue weighted by Crippen LogP contribution is -2.52. The lowest BCUT2D eigenvalue weighted by molar-refractivity contribution is 0.107. The van der Waals surface area contributed by atoms with E-state index >= 15 is 0 Å². The van der Waals surface area contributed by atoms with E-state index in [2.05, 4.69) is 50.8 Å². The predicted molar refractivity (Wildman–Crippen MR) is 72.6 cm³/mol. The second-order valence-electron chi connectivity index (χ2n) is 5.85. The minimum Gasteiger partial charge on any atom is -0.393 e. The number of aryl methyl sites for hydroxylation is 2. The molecule has 1 aliphatic rings. The van der Waals surface area contributed by atoms with Gasteiger partial charge in [-0.1, -0.05) is 18.2 Å². The van der Waals surface area contributed by atoms with Gasteiger partial charge in [0.2, 0.25) is 0 Å². The molecule has 0 spiro atoms. The van der Waals surface area contributed by atoms with Crippen LogP contribution in [0.15, 0.2) is 18.2 Å². The van der Waals surface area contributed by atoms with E-state index in [0.717, 1.165) is 19.4 Å². The van der Waals surface area contributed by atoms with Crippen molar-refractivity contribution in [3.8, 4) is 0 Å². The van der Waals surface area contributed by atoms with Gasteiger partial charge in [-0.05, 0) is 51.7 Å². The molecular formula is C15H23NO. The highest BCUT2D eigenvalue weighted by atomic mass is 16.3. The average molecular weight is 233 g/mol.